The van der Waals surface area contributed by atoms with Crippen LogP contribution in [0.4, 0.5) is 0 Å². The maximum Gasteiger partial charge on any atom is 0.247 e. The van der Waals surface area contributed by atoms with Crippen LogP contribution >= 0.6 is 0 Å². The second-order valence-electron chi connectivity index (χ2n) is 4.67. The minimum absolute atomic E-state index is 0.0973. The summed E-state index contributed by atoms with van der Waals surface area (Å²) >= 11 is 0. The average Bonchev–Trinajstić information content (AvgIpc) is 2.27. The number of rotatable bonds is 5. The lowest BCUT2D eigenvalue weighted by Crippen LogP contribution is -2.42. The Hall–Kier alpha value is -1.07. The molecule has 0 saturated heterocycles. The first kappa shape index (κ1) is 15.0. The van der Waals surface area contributed by atoms with Gasteiger partial charge in [0.25, 0.3) is 0 Å². The van der Waals surface area contributed by atoms with Crippen LogP contribution in [0.15, 0.2) is 29.2 Å². The molecular formula is C13H21NO3S. The van der Waals surface area contributed by atoms with Crippen LogP contribution in [0, 0.1) is 0 Å². The molecule has 0 radical (unpaired) electrons. The van der Waals surface area contributed by atoms with Gasteiger partial charge < -0.3 is 4.74 Å². The van der Waals surface area contributed by atoms with Crippen LogP contribution in [0.5, 0.6) is 5.75 Å². The first-order valence-electron chi connectivity index (χ1n) is 5.99. The van der Waals surface area contributed by atoms with Gasteiger partial charge in [0, 0.05) is 12.1 Å². The van der Waals surface area contributed by atoms with E-state index in [9.17, 15) is 8.42 Å². The Labute approximate surface area is 110 Å². The Morgan fingerprint density at radius 3 is 2.00 bits per heavy atom. The molecule has 1 aromatic carbocycles. The van der Waals surface area contributed by atoms with Crippen molar-refractivity contribution in [3.63, 3.8) is 0 Å². The number of methoxy groups -OCH3 is 1. The molecule has 0 bridgehead atoms. The largest absolute Gasteiger partial charge is 0.495 e. The number of nitrogens with zero attached hydrogens (tertiary/aromatic N) is 1. The Kier molecular flexibility index (Phi) is 4.76. The van der Waals surface area contributed by atoms with Gasteiger partial charge in [0.15, 0.2) is 0 Å². The van der Waals surface area contributed by atoms with Gasteiger partial charge in [-0.25, -0.2) is 8.42 Å². The van der Waals surface area contributed by atoms with Gasteiger partial charge in [-0.2, -0.15) is 4.31 Å². The van der Waals surface area contributed by atoms with Crippen LogP contribution < -0.4 is 4.74 Å². The molecule has 0 N–H and O–H groups in total. The molecule has 0 saturated carbocycles. The van der Waals surface area contributed by atoms with E-state index < -0.39 is 10.0 Å². The van der Waals surface area contributed by atoms with E-state index in [0.29, 0.717) is 5.75 Å². The summed E-state index contributed by atoms with van der Waals surface area (Å²) in [4.78, 5) is 0.217. The van der Waals surface area contributed by atoms with Crippen LogP contribution in [-0.2, 0) is 10.0 Å². The van der Waals surface area contributed by atoms with Crippen molar-refractivity contribution in [1.29, 1.82) is 0 Å². The molecule has 1 rings (SSSR count). The molecule has 102 valence electrons. The molecule has 0 heterocycles. The molecule has 0 aliphatic heterocycles. The number of hydrogen-bond donors (Lipinski definition) is 0. The summed E-state index contributed by atoms with van der Waals surface area (Å²) in [6.07, 6.45) is 0. The number of benzene rings is 1. The van der Waals surface area contributed by atoms with Crippen LogP contribution in [0.2, 0.25) is 0 Å². The average molecular weight is 271 g/mol. The van der Waals surface area contributed by atoms with Gasteiger partial charge in [0.05, 0.1) is 7.11 Å². The predicted octanol–water partition coefficient (Wildman–Crippen LogP) is 2.50. The predicted molar refractivity (Wildman–Crippen MR) is 72.3 cm³/mol. The second-order valence-corrected chi connectivity index (χ2v) is 6.48. The van der Waals surface area contributed by atoms with E-state index in [0.717, 1.165) is 0 Å². The van der Waals surface area contributed by atoms with Crippen molar-refractivity contribution in [2.24, 2.45) is 0 Å². The Balaban J connectivity index is 3.36. The maximum absolute atomic E-state index is 12.6. The molecule has 0 aromatic heterocycles. The third-order valence-electron chi connectivity index (χ3n) is 2.64. The minimum Gasteiger partial charge on any atom is -0.495 e. The van der Waals surface area contributed by atoms with Crippen molar-refractivity contribution in [3.8, 4) is 5.75 Å². The summed E-state index contributed by atoms with van der Waals surface area (Å²) in [7, 11) is -2.06. The molecule has 4 nitrogen and oxygen atoms in total. The molecule has 1 aromatic rings. The molecule has 5 heteroatoms. The monoisotopic (exact) mass is 271 g/mol. The van der Waals surface area contributed by atoms with Gasteiger partial charge >= 0.3 is 0 Å². The molecule has 18 heavy (non-hydrogen) atoms. The van der Waals surface area contributed by atoms with E-state index in [1.807, 2.05) is 27.7 Å². The fourth-order valence-corrected chi connectivity index (χ4v) is 4.09. The zero-order valence-corrected chi connectivity index (χ0v) is 12.4. The molecule has 0 unspecified atom stereocenters. The fourth-order valence-electron chi connectivity index (χ4n) is 2.10. The molecule has 0 fully saturated rings. The molecule has 0 aliphatic carbocycles. The first-order valence-corrected chi connectivity index (χ1v) is 7.43. The van der Waals surface area contributed by atoms with Crippen molar-refractivity contribution >= 4 is 10.0 Å². The number of para-hydroxylation sites is 1. The van der Waals surface area contributed by atoms with Gasteiger partial charge in [-0.15, -0.1) is 0 Å². The van der Waals surface area contributed by atoms with Crippen molar-refractivity contribution in [2.45, 2.75) is 44.7 Å². The highest BCUT2D eigenvalue weighted by atomic mass is 32.2. The summed E-state index contributed by atoms with van der Waals surface area (Å²) in [6, 6.07) is 6.50. The topological polar surface area (TPSA) is 46.6 Å². The summed E-state index contributed by atoms with van der Waals surface area (Å²) < 4.78 is 31.9. The van der Waals surface area contributed by atoms with Gasteiger partial charge in [0.1, 0.15) is 10.6 Å². The summed E-state index contributed by atoms with van der Waals surface area (Å²) in [5, 5.41) is 0. The molecular weight excluding hydrogens is 250 g/mol. The van der Waals surface area contributed by atoms with Crippen LogP contribution in [-0.4, -0.2) is 31.9 Å². The summed E-state index contributed by atoms with van der Waals surface area (Å²) in [5.74, 6) is 0.379. The maximum atomic E-state index is 12.6. The zero-order valence-electron chi connectivity index (χ0n) is 11.5. The van der Waals surface area contributed by atoms with Crippen molar-refractivity contribution < 1.29 is 13.2 Å². The van der Waals surface area contributed by atoms with Crippen molar-refractivity contribution in [2.75, 3.05) is 7.11 Å². The lowest BCUT2D eigenvalue weighted by molar-refractivity contribution is 0.300. The van der Waals surface area contributed by atoms with Crippen LogP contribution in [0.1, 0.15) is 27.7 Å². The number of hydrogen-bond acceptors (Lipinski definition) is 3. The SMILES string of the molecule is COc1ccccc1S(=O)(=O)N(C(C)C)C(C)C. The highest BCUT2D eigenvalue weighted by Gasteiger charge is 2.31. The normalized spacial score (nSPS) is 12.4. The highest BCUT2D eigenvalue weighted by Crippen LogP contribution is 2.28. The van der Waals surface area contributed by atoms with E-state index in [-0.39, 0.29) is 17.0 Å². The van der Waals surface area contributed by atoms with Crippen LogP contribution in [0.3, 0.4) is 0 Å². The molecule has 0 atom stereocenters. The Morgan fingerprint density at radius 1 is 1.06 bits per heavy atom. The zero-order chi connectivity index (χ0) is 13.9. The third kappa shape index (κ3) is 2.84. The first-order chi connectivity index (χ1) is 8.32. The Morgan fingerprint density at radius 2 is 1.56 bits per heavy atom. The lowest BCUT2D eigenvalue weighted by atomic mass is 10.3. The molecule has 0 spiro atoms. The quantitative estimate of drug-likeness (QED) is 0.826. The van der Waals surface area contributed by atoms with E-state index in [2.05, 4.69) is 0 Å². The third-order valence-corrected chi connectivity index (χ3v) is 4.93. The van der Waals surface area contributed by atoms with Gasteiger partial charge in [-0.1, -0.05) is 12.1 Å². The van der Waals surface area contributed by atoms with Gasteiger partial charge in [-0.05, 0) is 39.8 Å². The van der Waals surface area contributed by atoms with E-state index in [1.165, 1.54) is 11.4 Å². The molecule has 0 aliphatic rings. The highest BCUT2D eigenvalue weighted by molar-refractivity contribution is 7.89. The lowest BCUT2D eigenvalue weighted by Gasteiger charge is -2.30. The second kappa shape index (κ2) is 5.71. The molecule has 0 amide bonds. The summed E-state index contributed by atoms with van der Waals surface area (Å²) in [5.41, 5.74) is 0. The van der Waals surface area contributed by atoms with Gasteiger partial charge in [0.2, 0.25) is 10.0 Å². The Bertz CT molecular complexity index is 487. The fraction of sp³-hybridized carbons (Fsp3) is 0.538. The number of sulfonamides is 1. The van der Waals surface area contributed by atoms with Crippen molar-refractivity contribution in [3.05, 3.63) is 24.3 Å². The van der Waals surface area contributed by atoms with Crippen molar-refractivity contribution in [1.82, 2.24) is 4.31 Å². The van der Waals surface area contributed by atoms with E-state index in [1.54, 1.807) is 24.3 Å². The minimum atomic E-state index is -3.53. The number of ether oxygens (including phenoxy) is 1. The summed E-state index contributed by atoms with van der Waals surface area (Å²) in [6.45, 7) is 7.47. The standard InChI is InChI=1S/C13H21NO3S/c1-10(2)14(11(3)4)18(15,16)13-9-7-6-8-12(13)17-5/h6-11H,1-5H3. The smallest absolute Gasteiger partial charge is 0.247 e. The van der Waals surface area contributed by atoms with E-state index >= 15 is 0 Å². The van der Waals surface area contributed by atoms with Gasteiger partial charge in [-0.3, -0.25) is 0 Å². The van der Waals surface area contributed by atoms with Crippen LogP contribution in [0.25, 0.3) is 0 Å². The van der Waals surface area contributed by atoms with E-state index in [4.69, 9.17) is 4.74 Å².